The molecule has 1 N–H and O–H groups in total. The molecule has 0 fully saturated rings. The number of benzene rings is 1. The van der Waals surface area contributed by atoms with E-state index in [1.165, 1.54) is 16.9 Å². The van der Waals surface area contributed by atoms with Gasteiger partial charge >= 0.3 is 0 Å². The second-order valence-electron chi connectivity index (χ2n) is 5.32. The van der Waals surface area contributed by atoms with Gasteiger partial charge in [0.25, 0.3) is 0 Å². The summed E-state index contributed by atoms with van der Waals surface area (Å²) in [6.45, 7) is 6.62. The lowest BCUT2D eigenvalue weighted by Crippen LogP contribution is -2.40. The third-order valence-electron chi connectivity index (χ3n) is 3.95. The molecule has 0 saturated heterocycles. The minimum absolute atomic E-state index is 0.170. The first kappa shape index (κ1) is 15.2. The summed E-state index contributed by atoms with van der Waals surface area (Å²) >= 11 is 1.76. The van der Waals surface area contributed by atoms with Crippen LogP contribution in [0.15, 0.2) is 42.0 Å². The summed E-state index contributed by atoms with van der Waals surface area (Å²) in [5, 5.41) is 3.62. The number of rotatable bonds is 8. The van der Waals surface area contributed by atoms with Gasteiger partial charge in [-0.05, 0) is 31.4 Å². The van der Waals surface area contributed by atoms with Gasteiger partial charge in [0.05, 0.1) is 5.51 Å². The summed E-state index contributed by atoms with van der Waals surface area (Å²) in [6, 6.07) is 10.9. The highest BCUT2D eigenvalue weighted by Gasteiger charge is 2.30. The maximum absolute atomic E-state index is 4.23. The smallest absolute Gasteiger partial charge is 0.0794 e. The maximum atomic E-state index is 4.23. The van der Waals surface area contributed by atoms with Gasteiger partial charge < -0.3 is 5.32 Å². The minimum Gasteiger partial charge on any atom is -0.316 e. The molecule has 0 amide bonds. The Morgan fingerprint density at radius 1 is 1.20 bits per heavy atom. The van der Waals surface area contributed by atoms with Gasteiger partial charge in [0, 0.05) is 23.0 Å². The number of nitrogens with one attached hydrogen (secondary N) is 1. The van der Waals surface area contributed by atoms with Gasteiger partial charge in [-0.15, -0.1) is 11.3 Å². The summed E-state index contributed by atoms with van der Waals surface area (Å²) in [4.78, 5) is 5.60. The molecule has 2 aromatic rings. The zero-order valence-electron chi connectivity index (χ0n) is 12.4. The van der Waals surface area contributed by atoms with Crippen molar-refractivity contribution in [1.82, 2.24) is 10.3 Å². The molecule has 0 radical (unpaired) electrons. The molecule has 3 heteroatoms. The molecule has 108 valence electrons. The molecule has 1 aromatic heterocycles. The molecule has 1 atom stereocenters. The van der Waals surface area contributed by atoms with Crippen molar-refractivity contribution in [3.8, 4) is 0 Å². The summed E-state index contributed by atoms with van der Waals surface area (Å²) in [5.74, 6) is 0. The Morgan fingerprint density at radius 3 is 2.60 bits per heavy atom. The first-order valence-electron chi connectivity index (χ1n) is 7.44. The van der Waals surface area contributed by atoms with Crippen LogP contribution in [0.2, 0.25) is 0 Å². The summed E-state index contributed by atoms with van der Waals surface area (Å²) < 4.78 is 0. The molecule has 0 saturated carbocycles. The van der Waals surface area contributed by atoms with Gasteiger partial charge in [0.2, 0.25) is 0 Å². The predicted octanol–water partition coefficient (Wildman–Crippen LogP) is 4.03. The Balaban J connectivity index is 2.25. The van der Waals surface area contributed by atoms with Gasteiger partial charge in [-0.1, -0.05) is 44.2 Å². The largest absolute Gasteiger partial charge is 0.316 e. The van der Waals surface area contributed by atoms with Gasteiger partial charge in [-0.2, -0.15) is 0 Å². The average Bonchev–Trinajstić information content (AvgIpc) is 3.00. The van der Waals surface area contributed by atoms with Crippen LogP contribution in [-0.4, -0.2) is 18.1 Å². The number of nitrogens with zero attached hydrogens (tertiary/aromatic N) is 1. The maximum Gasteiger partial charge on any atom is 0.0794 e. The van der Waals surface area contributed by atoms with Gasteiger partial charge in [0.15, 0.2) is 0 Å². The van der Waals surface area contributed by atoms with Crippen LogP contribution < -0.4 is 5.32 Å². The van der Waals surface area contributed by atoms with Crippen molar-refractivity contribution in [2.24, 2.45) is 0 Å². The second kappa shape index (κ2) is 7.55. The van der Waals surface area contributed by atoms with Crippen LogP contribution in [0.5, 0.6) is 0 Å². The minimum atomic E-state index is 0.170. The first-order valence-corrected chi connectivity index (χ1v) is 8.32. The van der Waals surface area contributed by atoms with E-state index in [4.69, 9.17) is 0 Å². The quantitative estimate of drug-likeness (QED) is 0.742. The highest BCUT2D eigenvalue weighted by atomic mass is 32.1. The molecule has 2 rings (SSSR count). The van der Waals surface area contributed by atoms with Crippen LogP contribution in [0.25, 0.3) is 0 Å². The third kappa shape index (κ3) is 3.68. The molecule has 0 bridgehead atoms. The van der Waals surface area contributed by atoms with Gasteiger partial charge in [-0.3, -0.25) is 4.98 Å². The fourth-order valence-corrected chi connectivity index (χ4v) is 3.42. The zero-order chi connectivity index (χ0) is 14.3. The van der Waals surface area contributed by atoms with Crippen LogP contribution in [0.3, 0.4) is 0 Å². The molecular weight excluding hydrogens is 264 g/mol. The summed E-state index contributed by atoms with van der Waals surface area (Å²) in [7, 11) is 0. The Morgan fingerprint density at radius 2 is 2.00 bits per heavy atom. The molecule has 0 aliphatic carbocycles. The Hall–Kier alpha value is -1.19. The van der Waals surface area contributed by atoms with E-state index < -0.39 is 0 Å². The summed E-state index contributed by atoms with van der Waals surface area (Å²) in [5.41, 5.74) is 3.53. The molecular formula is C17H24N2S. The van der Waals surface area contributed by atoms with Gasteiger partial charge in [-0.25, -0.2) is 0 Å². The highest BCUT2D eigenvalue weighted by Crippen LogP contribution is 2.32. The lowest BCUT2D eigenvalue weighted by atomic mass is 9.75. The second-order valence-corrected chi connectivity index (χ2v) is 6.29. The Labute approximate surface area is 126 Å². The van der Waals surface area contributed by atoms with Crippen molar-refractivity contribution in [3.63, 3.8) is 0 Å². The highest BCUT2D eigenvalue weighted by molar-refractivity contribution is 7.09. The topological polar surface area (TPSA) is 24.9 Å². The molecule has 1 unspecified atom stereocenters. The fourth-order valence-electron chi connectivity index (χ4n) is 2.68. The SMILES string of the molecule is CCCNCC(CC)(Cc1cncs1)c1ccccc1. The number of hydrogen-bond acceptors (Lipinski definition) is 3. The first-order chi connectivity index (χ1) is 9.80. The standard InChI is InChI=1S/C17H24N2S/c1-3-10-18-13-17(4-2,11-16-12-19-14-20-16)15-8-6-5-7-9-15/h5-9,12,14,18H,3-4,10-11,13H2,1-2H3. The van der Waals surface area contributed by atoms with E-state index in [1.54, 1.807) is 11.3 Å². The predicted molar refractivity (Wildman–Crippen MR) is 87.4 cm³/mol. The molecule has 0 aliphatic heterocycles. The van der Waals surface area contributed by atoms with Crippen molar-refractivity contribution in [3.05, 3.63) is 52.5 Å². The van der Waals surface area contributed by atoms with Crippen LogP contribution >= 0.6 is 11.3 Å². The Bertz CT molecular complexity index is 481. The average molecular weight is 288 g/mol. The van der Waals surface area contributed by atoms with E-state index in [-0.39, 0.29) is 5.41 Å². The van der Waals surface area contributed by atoms with Crippen molar-refractivity contribution in [1.29, 1.82) is 0 Å². The van der Waals surface area contributed by atoms with Crippen LogP contribution in [0, 0.1) is 0 Å². The van der Waals surface area contributed by atoms with Crippen molar-refractivity contribution in [2.75, 3.05) is 13.1 Å². The van der Waals surface area contributed by atoms with E-state index in [0.717, 1.165) is 25.9 Å². The number of aromatic nitrogens is 1. The van der Waals surface area contributed by atoms with Crippen molar-refractivity contribution < 1.29 is 0 Å². The third-order valence-corrected chi connectivity index (χ3v) is 4.73. The van der Waals surface area contributed by atoms with E-state index in [9.17, 15) is 0 Å². The van der Waals surface area contributed by atoms with E-state index in [1.807, 2.05) is 11.7 Å². The van der Waals surface area contributed by atoms with Crippen LogP contribution in [-0.2, 0) is 11.8 Å². The van der Waals surface area contributed by atoms with Crippen LogP contribution in [0.1, 0.15) is 37.1 Å². The monoisotopic (exact) mass is 288 g/mol. The Kier molecular flexibility index (Phi) is 5.74. The lowest BCUT2D eigenvalue weighted by Gasteiger charge is -2.33. The normalized spacial score (nSPS) is 14.1. The summed E-state index contributed by atoms with van der Waals surface area (Å²) in [6.07, 6.45) is 5.38. The molecule has 1 aromatic carbocycles. The molecule has 0 aliphatic rings. The van der Waals surface area contributed by atoms with Gasteiger partial charge in [0.1, 0.15) is 0 Å². The lowest BCUT2D eigenvalue weighted by molar-refractivity contribution is 0.380. The van der Waals surface area contributed by atoms with Crippen molar-refractivity contribution >= 4 is 11.3 Å². The number of hydrogen-bond donors (Lipinski definition) is 1. The van der Waals surface area contributed by atoms with E-state index >= 15 is 0 Å². The van der Waals surface area contributed by atoms with E-state index in [2.05, 4.69) is 54.5 Å². The molecule has 20 heavy (non-hydrogen) atoms. The zero-order valence-corrected chi connectivity index (χ0v) is 13.2. The molecule has 1 heterocycles. The fraction of sp³-hybridized carbons (Fsp3) is 0.471. The molecule has 0 spiro atoms. The number of thiazole rings is 1. The van der Waals surface area contributed by atoms with Crippen LogP contribution in [0.4, 0.5) is 0 Å². The van der Waals surface area contributed by atoms with Crippen molar-refractivity contribution in [2.45, 2.75) is 38.5 Å². The van der Waals surface area contributed by atoms with E-state index in [0.29, 0.717) is 0 Å². The molecule has 2 nitrogen and oxygen atoms in total.